The molecule has 0 saturated carbocycles. The first-order chi connectivity index (χ1) is 10.6. The molecule has 1 amide bonds. The van der Waals surface area contributed by atoms with E-state index in [0.717, 1.165) is 12.1 Å². The van der Waals surface area contributed by atoms with Gasteiger partial charge in [0, 0.05) is 17.9 Å². The maximum atomic E-state index is 13.6. The second-order valence-corrected chi connectivity index (χ2v) is 5.70. The second kappa shape index (κ2) is 5.79. The van der Waals surface area contributed by atoms with Gasteiger partial charge in [-0.1, -0.05) is 24.3 Å². The zero-order chi connectivity index (χ0) is 15.7. The van der Waals surface area contributed by atoms with Gasteiger partial charge in [-0.2, -0.15) is 0 Å². The Labute approximate surface area is 129 Å². The molecule has 0 fully saturated rings. The molecule has 1 aliphatic rings. The van der Waals surface area contributed by atoms with Crippen molar-refractivity contribution in [1.29, 1.82) is 0 Å². The molecular weight excluding hydrogens is 279 g/mol. The average molecular weight is 298 g/mol. The Morgan fingerprint density at radius 3 is 2.82 bits per heavy atom. The van der Waals surface area contributed by atoms with Gasteiger partial charge < -0.3 is 10.2 Å². The number of fused-ring (bicyclic) bond motifs is 1. The molecule has 3 rings (SSSR count). The third-order valence-electron chi connectivity index (χ3n) is 4.08. The number of nitrogens with zero attached hydrogens (tertiary/aromatic N) is 1. The Hall–Kier alpha value is -2.36. The number of nitrogens with one attached hydrogen (secondary N) is 1. The predicted octanol–water partition coefficient (Wildman–Crippen LogP) is 3.52. The molecular formula is C18H19FN2O. The molecule has 0 radical (unpaired) electrons. The Bertz CT molecular complexity index is 714. The highest BCUT2D eigenvalue weighted by atomic mass is 19.1. The van der Waals surface area contributed by atoms with Crippen LogP contribution in [0.2, 0.25) is 0 Å². The number of aryl methyl sites for hydroxylation is 1. The Balaban J connectivity index is 1.74. The van der Waals surface area contributed by atoms with Crippen molar-refractivity contribution in [2.24, 2.45) is 0 Å². The first-order valence-corrected chi connectivity index (χ1v) is 7.48. The zero-order valence-corrected chi connectivity index (χ0v) is 12.8. The van der Waals surface area contributed by atoms with E-state index in [1.807, 2.05) is 18.2 Å². The summed E-state index contributed by atoms with van der Waals surface area (Å²) in [6.45, 7) is 4.22. The van der Waals surface area contributed by atoms with Crippen LogP contribution in [0, 0.1) is 12.7 Å². The molecule has 22 heavy (non-hydrogen) atoms. The number of anilines is 2. The van der Waals surface area contributed by atoms with E-state index in [2.05, 4.69) is 11.4 Å². The van der Waals surface area contributed by atoms with Crippen molar-refractivity contribution in [2.45, 2.75) is 26.3 Å². The van der Waals surface area contributed by atoms with Gasteiger partial charge in [0.05, 0.1) is 0 Å². The molecule has 0 aliphatic carbocycles. The van der Waals surface area contributed by atoms with Crippen LogP contribution in [0.15, 0.2) is 42.5 Å². The van der Waals surface area contributed by atoms with Crippen LogP contribution in [0.25, 0.3) is 0 Å². The number of carbonyl (C=O) groups excluding carboxylic acids is 1. The molecule has 4 heteroatoms. The molecule has 114 valence electrons. The van der Waals surface area contributed by atoms with Crippen LogP contribution in [-0.4, -0.2) is 18.5 Å². The summed E-state index contributed by atoms with van der Waals surface area (Å²) in [5.41, 5.74) is 3.40. The van der Waals surface area contributed by atoms with Gasteiger partial charge in [-0.05, 0) is 49.6 Å². The summed E-state index contributed by atoms with van der Waals surface area (Å²) in [5.74, 6) is -0.262. The fourth-order valence-corrected chi connectivity index (χ4v) is 2.80. The normalized spacial score (nSPS) is 14.6. The SMILES string of the molecule is Cc1ccc(N[C@H](C)C(=O)N2CCc3ccccc32)cc1F. The van der Waals surface area contributed by atoms with Crippen LogP contribution in [-0.2, 0) is 11.2 Å². The first kappa shape index (κ1) is 14.6. The number of halogens is 1. The number of para-hydroxylation sites is 1. The lowest BCUT2D eigenvalue weighted by molar-refractivity contribution is -0.118. The van der Waals surface area contributed by atoms with Crippen LogP contribution in [0.5, 0.6) is 0 Å². The molecule has 2 aromatic rings. The zero-order valence-electron chi connectivity index (χ0n) is 12.8. The third kappa shape index (κ3) is 2.69. The molecule has 0 saturated heterocycles. The summed E-state index contributed by atoms with van der Waals surface area (Å²) in [4.78, 5) is 14.4. The van der Waals surface area contributed by atoms with Crippen LogP contribution >= 0.6 is 0 Å². The fraction of sp³-hybridized carbons (Fsp3) is 0.278. The van der Waals surface area contributed by atoms with Gasteiger partial charge >= 0.3 is 0 Å². The van der Waals surface area contributed by atoms with Gasteiger partial charge in [0.1, 0.15) is 11.9 Å². The Morgan fingerprint density at radius 2 is 2.05 bits per heavy atom. The quantitative estimate of drug-likeness (QED) is 0.940. The summed E-state index contributed by atoms with van der Waals surface area (Å²) in [7, 11) is 0. The lowest BCUT2D eigenvalue weighted by Crippen LogP contribution is -2.40. The Morgan fingerprint density at radius 1 is 1.27 bits per heavy atom. The minimum absolute atomic E-state index is 0.00549. The van der Waals surface area contributed by atoms with E-state index < -0.39 is 6.04 Å². The van der Waals surface area contributed by atoms with Crippen molar-refractivity contribution in [3.8, 4) is 0 Å². The molecule has 1 atom stereocenters. The molecule has 0 unspecified atom stereocenters. The van der Waals surface area contributed by atoms with E-state index in [4.69, 9.17) is 0 Å². The monoisotopic (exact) mass is 298 g/mol. The lowest BCUT2D eigenvalue weighted by Gasteiger charge is -2.23. The van der Waals surface area contributed by atoms with Gasteiger partial charge in [0.2, 0.25) is 5.91 Å². The van der Waals surface area contributed by atoms with Gasteiger partial charge in [0.25, 0.3) is 0 Å². The van der Waals surface area contributed by atoms with Crippen LogP contribution in [0.3, 0.4) is 0 Å². The van der Waals surface area contributed by atoms with E-state index in [9.17, 15) is 9.18 Å². The highest BCUT2D eigenvalue weighted by molar-refractivity contribution is 6.00. The first-order valence-electron chi connectivity index (χ1n) is 7.48. The summed E-state index contributed by atoms with van der Waals surface area (Å²) in [6.07, 6.45) is 0.883. The summed E-state index contributed by atoms with van der Waals surface area (Å²) >= 11 is 0. The van der Waals surface area contributed by atoms with Crippen LogP contribution < -0.4 is 10.2 Å². The number of rotatable bonds is 3. The lowest BCUT2D eigenvalue weighted by atomic mass is 10.1. The van der Waals surface area contributed by atoms with E-state index in [-0.39, 0.29) is 11.7 Å². The standard InChI is InChI=1S/C18H19FN2O/c1-12-7-8-15(11-16(12)19)20-13(2)18(22)21-10-9-14-5-3-4-6-17(14)21/h3-8,11,13,20H,9-10H2,1-2H3/t13-/m1/s1. The predicted molar refractivity (Wildman–Crippen MR) is 86.7 cm³/mol. The van der Waals surface area contributed by atoms with Gasteiger partial charge in [-0.25, -0.2) is 4.39 Å². The second-order valence-electron chi connectivity index (χ2n) is 5.70. The molecule has 3 nitrogen and oxygen atoms in total. The Kier molecular flexibility index (Phi) is 3.84. The van der Waals surface area contributed by atoms with Gasteiger partial charge in [-0.15, -0.1) is 0 Å². The minimum atomic E-state index is -0.409. The number of benzene rings is 2. The summed E-state index contributed by atoms with van der Waals surface area (Å²) in [6, 6.07) is 12.5. The minimum Gasteiger partial charge on any atom is -0.374 e. The summed E-state index contributed by atoms with van der Waals surface area (Å²) in [5, 5.41) is 3.09. The number of amides is 1. The molecule has 0 aromatic heterocycles. The van der Waals surface area contributed by atoms with E-state index in [1.165, 1.54) is 11.6 Å². The smallest absolute Gasteiger partial charge is 0.249 e. The van der Waals surface area contributed by atoms with Crippen LogP contribution in [0.1, 0.15) is 18.1 Å². The highest BCUT2D eigenvalue weighted by Gasteiger charge is 2.27. The number of hydrogen-bond acceptors (Lipinski definition) is 2. The van der Waals surface area contributed by atoms with Crippen molar-refractivity contribution < 1.29 is 9.18 Å². The van der Waals surface area contributed by atoms with Crippen molar-refractivity contribution in [3.63, 3.8) is 0 Å². The van der Waals surface area contributed by atoms with E-state index >= 15 is 0 Å². The third-order valence-corrected chi connectivity index (χ3v) is 4.08. The van der Waals surface area contributed by atoms with E-state index in [0.29, 0.717) is 17.8 Å². The highest BCUT2D eigenvalue weighted by Crippen LogP contribution is 2.28. The number of carbonyl (C=O) groups is 1. The van der Waals surface area contributed by atoms with Crippen molar-refractivity contribution in [3.05, 3.63) is 59.4 Å². The molecule has 0 spiro atoms. The van der Waals surface area contributed by atoms with Crippen molar-refractivity contribution in [1.82, 2.24) is 0 Å². The number of hydrogen-bond donors (Lipinski definition) is 1. The molecule has 1 N–H and O–H groups in total. The molecule has 1 aliphatic heterocycles. The maximum Gasteiger partial charge on any atom is 0.249 e. The van der Waals surface area contributed by atoms with E-state index in [1.54, 1.807) is 30.9 Å². The van der Waals surface area contributed by atoms with Crippen molar-refractivity contribution in [2.75, 3.05) is 16.8 Å². The van der Waals surface area contributed by atoms with Crippen molar-refractivity contribution >= 4 is 17.3 Å². The maximum absolute atomic E-state index is 13.6. The molecule has 0 bridgehead atoms. The average Bonchev–Trinajstić information content (AvgIpc) is 2.94. The summed E-state index contributed by atoms with van der Waals surface area (Å²) < 4.78 is 13.6. The fourth-order valence-electron chi connectivity index (χ4n) is 2.80. The van der Waals surface area contributed by atoms with Crippen LogP contribution in [0.4, 0.5) is 15.8 Å². The largest absolute Gasteiger partial charge is 0.374 e. The molecule has 1 heterocycles. The van der Waals surface area contributed by atoms with Gasteiger partial charge in [-0.3, -0.25) is 4.79 Å². The molecule has 2 aromatic carbocycles. The van der Waals surface area contributed by atoms with Gasteiger partial charge in [0.15, 0.2) is 0 Å². The topological polar surface area (TPSA) is 32.3 Å².